The molecule has 2 aliphatic heterocycles. The smallest absolute Gasteiger partial charge is 0.411 e. The fourth-order valence-electron chi connectivity index (χ4n) is 7.58. The minimum atomic E-state index is -0.871. The third-order valence-electron chi connectivity index (χ3n) is 10.3. The Hall–Kier alpha value is -5.33. The molecule has 0 bridgehead atoms. The number of phenols is 1. The van der Waals surface area contributed by atoms with Crippen molar-refractivity contribution in [3.8, 4) is 16.9 Å². The SMILES string of the molecule is O=C(Nc1ccccc1-c1ccccc1)OC1CCN(C(C(=O)c2ccc(CNC[C@H](O)c3ccc(O)c4[nH]c(=O)ccc34)cc2)[C@@H]2CCCN2)CC1. The number of Topliss-reactive ketones (excluding diaryl/α,β-unsaturated/α-hetero) is 1. The molecule has 1 aromatic heterocycles. The van der Waals surface area contributed by atoms with Crippen LogP contribution < -0.4 is 21.5 Å². The fraction of sp³-hybridized carbons (Fsp3) is 0.310. The Kier molecular flexibility index (Phi) is 11.3. The van der Waals surface area contributed by atoms with E-state index >= 15 is 0 Å². The average Bonchev–Trinajstić information content (AvgIpc) is 3.71. The molecule has 53 heavy (non-hydrogen) atoms. The second-order valence-electron chi connectivity index (χ2n) is 13.8. The Morgan fingerprint density at radius 3 is 2.40 bits per heavy atom. The third kappa shape index (κ3) is 8.50. The maximum absolute atomic E-state index is 14.1. The largest absolute Gasteiger partial charge is 0.506 e. The van der Waals surface area contributed by atoms with Crippen molar-refractivity contribution in [2.24, 2.45) is 0 Å². The number of nitrogens with zero attached hydrogens (tertiary/aromatic N) is 1. The van der Waals surface area contributed by atoms with Crippen molar-refractivity contribution >= 4 is 28.5 Å². The third-order valence-corrected chi connectivity index (χ3v) is 10.3. The van der Waals surface area contributed by atoms with E-state index in [-0.39, 0.29) is 41.8 Å². The van der Waals surface area contributed by atoms with E-state index in [4.69, 9.17) is 4.74 Å². The fourth-order valence-corrected chi connectivity index (χ4v) is 7.58. The summed E-state index contributed by atoms with van der Waals surface area (Å²) >= 11 is 0. The van der Waals surface area contributed by atoms with Crippen molar-refractivity contribution in [3.05, 3.63) is 130 Å². The number of hydrogen-bond donors (Lipinski definition) is 6. The summed E-state index contributed by atoms with van der Waals surface area (Å²) < 4.78 is 5.88. The number of carbonyl (C=O) groups excluding carboxylic acids is 2. The van der Waals surface area contributed by atoms with Gasteiger partial charge in [0, 0.05) is 54.8 Å². The monoisotopic (exact) mass is 715 g/mol. The van der Waals surface area contributed by atoms with Gasteiger partial charge >= 0.3 is 6.09 Å². The molecule has 2 aliphatic rings. The van der Waals surface area contributed by atoms with Crippen molar-refractivity contribution < 1.29 is 24.5 Å². The van der Waals surface area contributed by atoms with Crippen molar-refractivity contribution in [3.63, 3.8) is 0 Å². The highest BCUT2D eigenvalue weighted by Crippen LogP contribution is 2.30. The molecule has 6 N–H and O–H groups in total. The minimum absolute atomic E-state index is 0.0504. The molecule has 0 spiro atoms. The number of hydrogen-bond acceptors (Lipinski definition) is 9. The molecule has 1 amide bonds. The van der Waals surface area contributed by atoms with Crippen LogP contribution in [-0.4, -0.2) is 76.3 Å². The molecule has 2 fully saturated rings. The van der Waals surface area contributed by atoms with E-state index in [2.05, 4.69) is 25.8 Å². The van der Waals surface area contributed by atoms with Crippen LogP contribution in [0.3, 0.4) is 0 Å². The Morgan fingerprint density at radius 1 is 0.887 bits per heavy atom. The van der Waals surface area contributed by atoms with E-state index in [0.717, 1.165) is 36.1 Å². The van der Waals surface area contributed by atoms with Crippen LogP contribution in [0.2, 0.25) is 0 Å². The second-order valence-corrected chi connectivity index (χ2v) is 13.8. The zero-order chi connectivity index (χ0) is 36.7. The Bertz CT molecular complexity index is 2090. The normalized spacial score (nSPS) is 17.7. The molecule has 0 radical (unpaired) electrons. The number of aromatic hydroxyl groups is 1. The summed E-state index contributed by atoms with van der Waals surface area (Å²) in [6, 6.07) is 31.0. The van der Waals surface area contributed by atoms with Gasteiger partial charge < -0.3 is 30.6 Å². The number of pyridine rings is 1. The summed E-state index contributed by atoms with van der Waals surface area (Å²) in [4.78, 5) is 43.7. The number of anilines is 1. The first-order valence-electron chi connectivity index (χ1n) is 18.3. The van der Waals surface area contributed by atoms with Crippen LogP contribution in [0.5, 0.6) is 5.75 Å². The highest BCUT2D eigenvalue weighted by molar-refractivity contribution is 6.00. The number of aliphatic hydroxyl groups is 1. The molecule has 7 rings (SSSR count). The van der Waals surface area contributed by atoms with Crippen molar-refractivity contribution in [2.45, 2.75) is 56.5 Å². The topological polar surface area (TPSA) is 156 Å². The van der Waals surface area contributed by atoms with Gasteiger partial charge in [0.05, 0.1) is 23.3 Å². The molecular formula is C42H45N5O6. The van der Waals surface area contributed by atoms with Crippen LogP contribution in [0.1, 0.15) is 53.3 Å². The first kappa shape index (κ1) is 36.0. The lowest BCUT2D eigenvalue weighted by Gasteiger charge is -2.39. The van der Waals surface area contributed by atoms with Crippen molar-refractivity contribution in [2.75, 3.05) is 31.5 Å². The first-order valence-corrected chi connectivity index (χ1v) is 18.3. The standard InChI is InChI=1S/C42H45N5O6/c48-36-18-16-32(33-17-19-38(50)46-39(33)36)37(49)26-43-25-27-12-14-29(15-13-27)41(51)40(35-11-6-22-44-35)47-23-20-30(21-24-47)53-42(52)45-34-10-5-4-9-31(34)28-7-2-1-3-8-28/h1-5,7-10,12-19,30,35,37,40,43-44,48-49H,6,11,20-26H2,(H,45,52)(H,46,50)/t35-,37-,40?/m0/s1. The van der Waals surface area contributed by atoms with Gasteiger partial charge in [0.15, 0.2) is 5.78 Å². The predicted octanol–water partition coefficient (Wildman–Crippen LogP) is 5.74. The van der Waals surface area contributed by atoms with Crippen molar-refractivity contribution in [1.82, 2.24) is 20.5 Å². The molecule has 4 aromatic carbocycles. The predicted molar refractivity (Wildman–Crippen MR) is 205 cm³/mol. The molecule has 11 nitrogen and oxygen atoms in total. The lowest BCUT2D eigenvalue weighted by Crippen LogP contribution is -2.55. The highest BCUT2D eigenvalue weighted by atomic mass is 16.6. The number of para-hydroxylation sites is 1. The van der Waals surface area contributed by atoms with Crippen LogP contribution in [0.15, 0.2) is 108 Å². The molecule has 0 aliphatic carbocycles. The molecular weight excluding hydrogens is 670 g/mol. The number of phenolic OH excluding ortho intramolecular Hbond substituents is 1. The Balaban J connectivity index is 0.932. The number of ether oxygens (including phenoxy) is 1. The number of likely N-dealkylation sites (tertiary alicyclic amines) is 1. The van der Waals surface area contributed by atoms with E-state index < -0.39 is 12.2 Å². The van der Waals surface area contributed by atoms with Gasteiger partial charge in [-0.1, -0.05) is 78.9 Å². The van der Waals surface area contributed by atoms with Crippen LogP contribution in [0.25, 0.3) is 22.0 Å². The van der Waals surface area contributed by atoms with E-state index in [1.807, 2.05) is 78.9 Å². The van der Waals surface area contributed by atoms with E-state index in [1.54, 1.807) is 12.1 Å². The lowest BCUT2D eigenvalue weighted by molar-refractivity contribution is 0.0351. The summed E-state index contributed by atoms with van der Waals surface area (Å²) in [5.41, 5.74) is 4.80. The number of H-pyrrole nitrogens is 1. The van der Waals surface area contributed by atoms with Gasteiger partial charge in [-0.3, -0.25) is 19.8 Å². The quantitative estimate of drug-likeness (QED) is 0.0888. The number of rotatable bonds is 12. The molecule has 11 heteroatoms. The highest BCUT2D eigenvalue weighted by Gasteiger charge is 2.38. The molecule has 0 saturated carbocycles. The number of fused-ring (bicyclic) bond motifs is 1. The van der Waals surface area contributed by atoms with Gasteiger partial charge in [-0.05, 0) is 67.1 Å². The number of aromatic amines is 1. The number of benzene rings is 4. The van der Waals surface area contributed by atoms with Gasteiger partial charge in [0.2, 0.25) is 5.56 Å². The van der Waals surface area contributed by atoms with Gasteiger partial charge in [0.25, 0.3) is 0 Å². The average molecular weight is 716 g/mol. The lowest BCUT2D eigenvalue weighted by atomic mass is 9.92. The number of nitrogens with one attached hydrogen (secondary N) is 4. The minimum Gasteiger partial charge on any atom is -0.506 e. The number of aromatic nitrogens is 1. The van der Waals surface area contributed by atoms with Crippen LogP contribution in [0, 0.1) is 0 Å². The maximum atomic E-state index is 14.1. The number of aliphatic hydroxyl groups excluding tert-OH is 1. The van der Waals surface area contributed by atoms with Crippen LogP contribution in [-0.2, 0) is 11.3 Å². The van der Waals surface area contributed by atoms with Gasteiger partial charge in [-0.25, -0.2) is 4.79 Å². The number of carbonyl (C=O) groups is 2. The number of ketones is 1. The summed E-state index contributed by atoms with van der Waals surface area (Å²) in [7, 11) is 0. The molecule has 274 valence electrons. The number of amides is 1. The van der Waals surface area contributed by atoms with E-state index in [1.165, 1.54) is 12.1 Å². The molecule has 1 unspecified atom stereocenters. The summed E-state index contributed by atoms with van der Waals surface area (Å²) in [6.07, 6.45) is 1.62. The summed E-state index contributed by atoms with van der Waals surface area (Å²) in [6.45, 7) is 2.89. The van der Waals surface area contributed by atoms with E-state index in [9.17, 15) is 24.6 Å². The molecule has 5 aromatic rings. The zero-order valence-corrected chi connectivity index (χ0v) is 29.5. The van der Waals surface area contributed by atoms with Crippen LogP contribution in [0.4, 0.5) is 10.5 Å². The van der Waals surface area contributed by atoms with Gasteiger partial charge in [-0.2, -0.15) is 0 Å². The van der Waals surface area contributed by atoms with Gasteiger partial charge in [0.1, 0.15) is 11.9 Å². The summed E-state index contributed by atoms with van der Waals surface area (Å²) in [5, 5.41) is 31.4. The Morgan fingerprint density at radius 2 is 1.64 bits per heavy atom. The van der Waals surface area contributed by atoms with Crippen LogP contribution >= 0.6 is 0 Å². The molecule has 2 saturated heterocycles. The maximum Gasteiger partial charge on any atom is 0.411 e. The van der Waals surface area contributed by atoms with Gasteiger partial charge in [-0.15, -0.1) is 0 Å². The van der Waals surface area contributed by atoms with E-state index in [0.29, 0.717) is 60.2 Å². The molecule has 3 atom stereocenters. The number of piperidine rings is 1. The second kappa shape index (κ2) is 16.6. The Labute approximate surface area is 308 Å². The molecule has 3 heterocycles. The zero-order valence-electron chi connectivity index (χ0n) is 29.5. The summed E-state index contributed by atoms with van der Waals surface area (Å²) in [5.74, 6) is 0.0217. The van der Waals surface area contributed by atoms with Crippen molar-refractivity contribution in [1.29, 1.82) is 0 Å². The first-order chi connectivity index (χ1) is 25.8.